The number of hydrogen-bond donors (Lipinski definition) is 2. The lowest BCUT2D eigenvalue weighted by atomic mass is 9.48. The van der Waals surface area contributed by atoms with E-state index in [9.17, 15) is 0 Å². The third kappa shape index (κ3) is 1.25. The quantitative estimate of drug-likeness (QED) is 0.781. The van der Waals surface area contributed by atoms with Gasteiger partial charge in [0.15, 0.2) is 0 Å². The summed E-state index contributed by atoms with van der Waals surface area (Å²) in [4.78, 5) is 0. The second-order valence-electron chi connectivity index (χ2n) is 6.81. The van der Waals surface area contributed by atoms with Crippen LogP contribution in [0.15, 0.2) is 0 Å². The highest BCUT2D eigenvalue weighted by Gasteiger charge is 2.53. The number of hydrogen-bond acceptors (Lipinski definition) is 2. The number of aromatic nitrogens is 2. The Kier molecular flexibility index (Phi) is 1.80. The van der Waals surface area contributed by atoms with E-state index in [1.165, 1.54) is 44.2 Å². The van der Waals surface area contributed by atoms with Gasteiger partial charge in [-0.3, -0.25) is 5.10 Å². The largest absolute Gasteiger partial charge is 0.396 e. The van der Waals surface area contributed by atoms with Crippen molar-refractivity contribution in [2.45, 2.75) is 50.9 Å². The molecule has 0 saturated heterocycles. The van der Waals surface area contributed by atoms with Crippen molar-refractivity contribution in [2.24, 2.45) is 17.8 Å². The molecule has 0 aromatic carbocycles. The average molecular weight is 231 g/mol. The predicted molar refractivity (Wildman–Crippen MR) is 67.6 cm³/mol. The van der Waals surface area contributed by atoms with Gasteiger partial charge in [0.2, 0.25) is 0 Å². The molecule has 5 rings (SSSR count). The summed E-state index contributed by atoms with van der Waals surface area (Å²) in [6, 6.07) is 0. The monoisotopic (exact) mass is 231 g/mol. The van der Waals surface area contributed by atoms with Crippen LogP contribution >= 0.6 is 0 Å². The van der Waals surface area contributed by atoms with Crippen LogP contribution in [0.25, 0.3) is 0 Å². The number of aromatic amines is 1. The second kappa shape index (κ2) is 3.06. The van der Waals surface area contributed by atoms with Gasteiger partial charge in [-0.25, -0.2) is 0 Å². The molecule has 0 spiro atoms. The molecule has 0 aliphatic heterocycles. The molecule has 4 aliphatic rings. The number of nitrogens with two attached hydrogens (primary N) is 1. The minimum absolute atomic E-state index is 0.337. The summed E-state index contributed by atoms with van der Waals surface area (Å²) in [7, 11) is 0. The lowest BCUT2D eigenvalue weighted by molar-refractivity contribution is -0.00686. The van der Waals surface area contributed by atoms with Crippen LogP contribution in [0.2, 0.25) is 0 Å². The number of H-pyrrole nitrogens is 1. The third-order valence-electron chi connectivity index (χ3n) is 5.54. The summed E-state index contributed by atoms with van der Waals surface area (Å²) in [5, 5.41) is 7.64. The standard InChI is InChI=1S/C14H21N3/c1-8-12(15)13(17-16-8)14-5-9-2-10(6-14)4-11(3-9)7-14/h9-11H,2-7,15H2,1H3,(H,16,17). The zero-order valence-electron chi connectivity index (χ0n) is 10.5. The Morgan fingerprint density at radius 2 is 1.65 bits per heavy atom. The van der Waals surface area contributed by atoms with E-state index in [1.54, 1.807) is 0 Å². The molecule has 1 aromatic rings. The number of nitrogens with zero attached hydrogens (tertiary/aromatic N) is 1. The fourth-order valence-corrected chi connectivity index (χ4v) is 5.24. The number of nitrogen functional groups attached to an aromatic ring is 1. The number of anilines is 1. The highest BCUT2D eigenvalue weighted by atomic mass is 15.1. The van der Waals surface area contributed by atoms with Crippen LogP contribution in [0.1, 0.15) is 49.9 Å². The summed E-state index contributed by atoms with van der Waals surface area (Å²) in [5.41, 5.74) is 9.76. The van der Waals surface area contributed by atoms with Gasteiger partial charge in [0.1, 0.15) is 0 Å². The maximum atomic E-state index is 6.23. The van der Waals surface area contributed by atoms with Gasteiger partial charge in [-0.1, -0.05) is 0 Å². The Hall–Kier alpha value is -0.990. The van der Waals surface area contributed by atoms with Gasteiger partial charge in [0, 0.05) is 5.41 Å². The van der Waals surface area contributed by atoms with Crippen molar-refractivity contribution in [1.29, 1.82) is 0 Å². The number of rotatable bonds is 1. The Bertz CT molecular complexity index is 425. The minimum atomic E-state index is 0.337. The van der Waals surface area contributed by atoms with E-state index < -0.39 is 0 Å². The normalized spacial score (nSPS) is 43.2. The maximum Gasteiger partial charge on any atom is 0.0916 e. The number of aryl methyl sites for hydroxylation is 1. The van der Waals surface area contributed by atoms with Gasteiger partial charge in [-0.15, -0.1) is 0 Å². The van der Waals surface area contributed by atoms with Crippen LogP contribution in [0, 0.1) is 24.7 Å². The molecule has 17 heavy (non-hydrogen) atoms. The van der Waals surface area contributed by atoms with Gasteiger partial charge in [-0.2, -0.15) is 5.10 Å². The molecule has 3 heteroatoms. The van der Waals surface area contributed by atoms with Gasteiger partial charge in [0.25, 0.3) is 0 Å². The highest BCUT2D eigenvalue weighted by Crippen LogP contribution is 2.61. The van der Waals surface area contributed by atoms with E-state index in [0.29, 0.717) is 5.41 Å². The molecule has 4 fully saturated rings. The van der Waals surface area contributed by atoms with E-state index in [2.05, 4.69) is 10.2 Å². The van der Waals surface area contributed by atoms with Gasteiger partial charge in [0.05, 0.1) is 17.1 Å². The van der Waals surface area contributed by atoms with Crippen molar-refractivity contribution in [3.8, 4) is 0 Å². The predicted octanol–water partition coefficient (Wildman–Crippen LogP) is 2.77. The van der Waals surface area contributed by atoms with Crippen molar-refractivity contribution >= 4 is 5.69 Å². The van der Waals surface area contributed by atoms with Crippen LogP contribution < -0.4 is 5.73 Å². The third-order valence-corrected chi connectivity index (χ3v) is 5.54. The maximum absolute atomic E-state index is 6.23. The second-order valence-corrected chi connectivity index (χ2v) is 6.81. The van der Waals surface area contributed by atoms with Crippen molar-refractivity contribution in [1.82, 2.24) is 10.2 Å². The summed E-state index contributed by atoms with van der Waals surface area (Å²) in [5.74, 6) is 2.87. The van der Waals surface area contributed by atoms with E-state index in [4.69, 9.17) is 5.73 Å². The summed E-state index contributed by atoms with van der Waals surface area (Å²) in [6.45, 7) is 2.03. The lowest BCUT2D eigenvalue weighted by Gasteiger charge is -2.56. The molecule has 4 aliphatic carbocycles. The number of nitrogens with one attached hydrogen (secondary N) is 1. The van der Waals surface area contributed by atoms with E-state index >= 15 is 0 Å². The van der Waals surface area contributed by atoms with Crippen LogP contribution in [0.4, 0.5) is 5.69 Å². The van der Waals surface area contributed by atoms with Crippen LogP contribution in [0.5, 0.6) is 0 Å². The van der Waals surface area contributed by atoms with E-state index in [0.717, 1.165) is 29.1 Å². The first-order chi connectivity index (χ1) is 8.16. The van der Waals surface area contributed by atoms with Gasteiger partial charge < -0.3 is 5.73 Å². The molecular formula is C14H21N3. The van der Waals surface area contributed by atoms with E-state index in [-0.39, 0.29) is 0 Å². The van der Waals surface area contributed by atoms with Crippen molar-refractivity contribution in [3.63, 3.8) is 0 Å². The zero-order valence-corrected chi connectivity index (χ0v) is 10.5. The topological polar surface area (TPSA) is 54.7 Å². The fourth-order valence-electron chi connectivity index (χ4n) is 5.24. The SMILES string of the molecule is Cc1[nH]nc(C23CC4CC(CC(C4)C2)C3)c1N. The Morgan fingerprint density at radius 3 is 2.06 bits per heavy atom. The summed E-state index contributed by atoms with van der Waals surface area (Å²) in [6.07, 6.45) is 8.45. The molecule has 3 nitrogen and oxygen atoms in total. The van der Waals surface area contributed by atoms with Crippen molar-refractivity contribution in [2.75, 3.05) is 5.73 Å². The molecule has 92 valence electrons. The molecule has 1 heterocycles. The molecule has 0 atom stereocenters. The molecule has 4 saturated carbocycles. The first-order valence-corrected chi connectivity index (χ1v) is 6.97. The summed E-state index contributed by atoms with van der Waals surface area (Å²) >= 11 is 0. The van der Waals surface area contributed by atoms with Crippen molar-refractivity contribution < 1.29 is 0 Å². The van der Waals surface area contributed by atoms with Crippen LogP contribution in [-0.4, -0.2) is 10.2 Å². The van der Waals surface area contributed by atoms with Gasteiger partial charge >= 0.3 is 0 Å². The minimum Gasteiger partial charge on any atom is -0.396 e. The Morgan fingerprint density at radius 1 is 1.12 bits per heavy atom. The molecular weight excluding hydrogens is 210 g/mol. The first kappa shape index (κ1) is 9.98. The smallest absolute Gasteiger partial charge is 0.0916 e. The highest BCUT2D eigenvalue weighted by molar-refractivity contribution is 5.51. The molecule has 3 N–H and O–H groups in total. The zero-order chi connectivity index (χ0) is 11.6. The van der Waals surface area contributed by atoms with Crippen LogP contribution in [0.3, 0.4) is 0 Å². The molecule has 0 amide bonds. The lowest BCUT2D eigenvalue weighted by Crippen LogP contribution is -2.49. The van der Waals surface area contributed by atoms with Crippen LogP contribution in [-0.2, 0) is 5.41 Å². The Balaban J connectivity index is 1.80. The van der Waals surface area contributed by atoms with Crippen molar-refractivity contribution in [3.05, 3.63) is 11.4 Å². The molecule has 1 aromatic heterocycles. The van der Waals surface area contributed by atoms with Gasteiger partial charge in [-0.05, 0) is 63.2 Å². The fraction of sp³-hybridized carbons (Fsp3) is 0.786. The molecule has 0 unspecified atom stereocenters. The first-order valence-electron chi connectivity index (χ1n) is 6.97. The molecule has 4 bridgehead atoms. The summed E-state index contributed by atoms with van der Waals surface area (Å²) < 4.78 is 0. The van der Waals surface area contributed by atoms with E-state index in [1.807, 2.05) is 6.92 Å². The average Bonchev–Trinajstić information content (AvgIpc) is 2.58. The molecule has 0 radical (unpaired) electrons. The Labute approximate surface area is 102 Å².